The van der Waals surface area contributed by atoms with E-state index in [9.17, 15) is 28.3 Å². The number of carbonyl (C=O) groups is 2. The van der Waals surface area contributed by atoms with E-state index < -0.39 is 40.2 Å². The van der Waals surface area contributed by atoms with Gasteiger partial charge in [-0.1, -0.05) is 12.1 Å². The fourth-order valence-corrected chi connectivity index (χ4v) is 3.28. The molecule has 2 heterocycles. The quantitative estimate of drug-likeness (QED) is 0.745. The minimum Gasteiger partial charge on any atom is -0.503 e. The third kappa shape index (κ3) is 3.63. The molecule has 0 spiro atoms. The van der Waals surface area contributed by atoms with Crippen LogP contribution in [0.4, 0.5) is 8.78 Å². The van der Waals surface area contributed by atoms with Crippen LogP contribution in [0.25, 0.3) is 0 Å². The maximum absolute atomic E-state index is 13.7. The summed E-state index contributed by atoms with van der Waals surface area (Å²) in [5, 5.41) is 12.7. The van der Waals surface area contributed by atoms with Crippen LogP contribution in [-0.2, 0) is 13.1 Å². The van der Waals surface area contributed by atoms with Crippen molar-refractivity contribution in [2.75, 3.05) is 6.54 Å². The highest BCUT2D eigenvalue weighted by Gasteiger charge is 2.34. The molecule has 9 heteroatoms. The number of nitrogens with one attached hydrogen (secondary N) is 1. The summed E-state index contributed by atoms with van der Waals surface area (Å²) in [7, 11) is 0. The third-order valence-corrected chi connectivity index (χ3v) is 4.82. The number of amides is 2. The van der Waals surface area contributed by atoms with E-state index in [2.05, 4.69) is 11.9 Å². The normalized spacial score (nSPS) is 15.8. The van der Waals surface area contributed by atoms with Crippen LogP contribution in [0.1, 0.15) is 33.3 Å². The number of aromatic hydroxyl groups is 1. The van der Waals surface area contributed by atoms with Crippen molar-refractivity contribution in [3.63, 3.8) is 0 Å². The molecule has 0 radical (unpaired) electrons. The van der Waals surface area contributed by atoms with Gasteiger partial charge in [-0.05, 0) is 13.0 Å². The van der Waals surface area contributed by atoms with E-state index in [0.717, 1.165) is 6.07 Å². The molecule has 0 fully saturated rings. The van der Waals surface area contributed by atoms with Gasteiger partial charge >= 0.3 is 0 Å². The van der Waals surface area contributed by atoms with Gasteiger partial charge in [0.05, 0.1) is 6.04 Å². The van der Waals surface area contributed by atoms with Crippen LogP contribution in [0.5, 0.6) is 5.75 Å². The minimum atomic E-state index is -1.00. The lowest BCUT2D eigenvalue weighted by atomic mass is 10.1. The van der Waals surface area contributed by atoms with Crippen molar-refractivity contribution in [1.29, 1.82) is 0 Å². The zero-order chi connectivity index (χ0) is 21.3. The maximum atomic E-state index is 13.7. The maximum Gasteiger partial charge on any atom is 0.275 e. The lowest BCUT2D eigenvalue weighted by Gasteiger charge is -2.35. The predicted octanol–water partition coefficient (Wildman–Crippen LogP) is 1.79. The fraction of sp³-hybridized carbons (Fsp3) is 0.250. The van der Waals surface area contributed by atoms with E-state index in [1.807, 2.05) is 0 Å². The SMILES string of the molecule is C=CC1Cn2cc(C(=O)NCc3ccc(F)cc3F)c(=O)c(O)c2C(=O)N1CC. The summed E-state index contributed by atoms with van der Waals surface area (Å²) < 4.78 is 28.0. The minimum absolute atomic E-state index is 0.0301. The second kappa shape index (κ2) is 7.86. The van der Waals surface area contributed by atoms with Gasteiger partial charge in [-0.25, -0.2) is 8.78 Å². The molecule has 29 heavy (non-hydrogen) atoms. The first-order chi connectivity index (χ1) is 13.8. The summed E-state index contributed by atoms with van der Waals surface area (Å²) >= 11 is 0. The number of nitrogens with zero attached hydrogens (tertiary/aromatic N) is 2. The number of pyridine rings is 1. The predicted molar refractivity (Wildman–Crippen MR) is 101 cm³/mol. The lowest BCUT2D eigenvalue weighted by Crippen LogP contribution is -2.48. The van der Waals surface area contributed by atoms with Crippen LogP contribution in [-0.4, -0.2) is 39.0 Å². The molecule has 0 aliphatic carbocycles. The summed E-state index contributed by atoms with van der Waals surface area (Å²) in [5.74, 6) is -3.81. The highest BCUT2D eigenvalue weighted by Crippen LogP contribution is 2.24. The standard InChI is InChI=1S/C20H19F2N3O4/c1-3-13-9-24-10-14(17(26)18(27)16(24)20(29)25(13)4-2)19(28)23-8-11-5-6-12(21)7-15(11)22/h3,5-7,10,13,27H,1,4,8-9H2,2H3,(H,23,28). The van der Waals surface area contributed by atoms with Crippen LogP contribution >= 0.6 is 0 Å². The van der Waals surface area contributed by atoms with E-state index in [0.29, 0.717) is 12.6 Å². The van der Waals surface area contributed by atoms with Gasteiger partial charge in [0.25, 0.3) is 11.8 Å². The van der Waals surface area contributed by atoms with Gasteiger partial charge in [-0.2, -0.15) is 0 Å². The van der Waals surface area contributed by atoms with E-state index in [4.69, 9.17) is 0 Å². The first kappa shape index (κ1) is 20.2. The molecule has 2 aromatic rings. The molecule has 0 bridgehead atoms. The van der Waals surface area contributed by atoms with E-state index in [1.165, 1.54) is 21.7 Å². The van der Waals surface area contributed by atoms with Crippen molar-refractivity contribution in [2.24, 2.45) is 0 Å². The van der Waals surface area contributed by atoms with Crippen molar-refractivity contribution >= 4 is 11.8 Å². The molecule has 2 N–H and O–H groups in total. The molecule has 0 saturated carbocycles. The van der Waals surface area contributed by atoms with Gasteiger partial charge in [-0.15, -0.1) is 6.58 Å². The molecule has 1 unspecified atom stereocenters. The Morgan fingerprint density at radius 2 is 2.10 bits per heavy atom. The third-order valence-electron chi connectivity index (χ3n) is 4.82. The van der Waals surface area contributed by atoms with Crippen LogP contribution in [0, 0.1) is 11.6 Å². The Morgan fingerprint density at radius 3 is 2.72 bits per heavy atom. The van der Waals surface area contributed by atoms with Crippen LogP contribution in [0.2, 0.25) is 0 Å². The number of aromatic nitrogens is 1. The Morgan fingerprint density at radius 1 is 1.38 bits per heavy atom. The van der Waals surface area contributed by atoms with E-state index in [1.54, 1.807) is 13.0 Å². The highest BCUT2D eigenvalue weighted by molar-refractivity contribution is 5.99. The molecule has 3 rings (SSSR count). The Balaban J connectivity index is 1.92. The van der Waals surface area contributed by atoms with Gasteiger partial charge in [-0.3, -0.25) is 14.4 Å². The Kier molecular flexibility index (Phi) is 5.49. The monoisotopic (exact) mass is 403 g/mol. The zero-order valence-corrected chi connectivity index (χ0v) is 15.6. The molecule has 1 atom stereocenters. The molecule has 1 aliphatic heterocycles. The van der Waals surface area contributed by atoms with Crippen molar-refractivity contribution < 1.29 is 23.5 Å². The fourth-order valence-electron chi connectivity index (χ4n) is 3.28. The van der Waals surface area contributed by atoms with E-state index in [-0.39, 0.29) is 30.4 Å². The van der Waals surface area contributed by atoms with Gasteiger partial charge in [0.2, 0.25) is 5.43 Å². The van der Waals surface area contributed by atoms with Crippen LogP contribution < -0.4 is 10.7 Å². The first-order valence-electron chi connectivity index (χ1n) is 8.90. The Labute approximate surface area is 164 Å². The number of carbonyl (C=O) groups excluding carboxylic acids is 2. The summed E-state index contributed by atoms with van der Waals surface area (Å²) in [4.78, 5) is 39.0. The molecule has 7 nitrogen and oxygen atoms in total. The molecule has 1 aromatic heterocycles. The van der Waals surface area contributed by atoms with Crippen LogP contribution in [0.15, 0.2) is 41.8 Å². The van der Waals surface area contributed by atoms with Crippen molar-refractivity contribution in [3.05, 3.63) is 75.7 Å². The summed E-state index contributed by atoms with van der Waals surface area (Å²) in [6.45, 7) is 5.73. The largest absolute Gasteiger partial charge is 0.503 e. The number of rotatable bonds is 5. The molecule has 152 valence electrons. The van der Waals surface area contributed by atoms with Gasteiger partial charge in [0.15, 0.2) is 11.4 Å². The number of likely N-dealkylation sites (N-methyl/N-ethyl adjacent to an activating group) is 1. The Hall–Kier alpha value is -3.49. The summed E-state index contributed by atoms with van der Waals surface area (Å²) in [6.07, 6.45) is 2.76. The smallest absolute Gasteiger partial charge is 0.275 e. The number of fused-ring (bicyclic) bond motifs is 1. The molecule has 1 aromatic carbocycles. The van der Waals surface area contributed by atoms with Crippen LogP contribution in [0.3, 0.4) is 0 Å². The van der Waals surface area contributed by atoms with Gasteiger partial charge in [0.1, 0.15) is 17.2 Å². The molecule has 1 aliphatic rings. The number of benzene rings is 1. The topological polar surface area (TPSA) is 91.6 Å². The molecule has 0 saturated heterocycles. The average Bonchev–Trinajstić information content (AvgIpc) is 2.69. The molecule has 2 amide bonds. The second-order valence-corrected chi connectivity index (χ2v) is 6.53. The van der Waals surface area contributed by atoms with Crippen molar-refractivity contribution in [3.8, 4) is 5.75 Å². The van der Waals surface area contributed by atoms with Crippen molar-refractivity contribution in [2.45, 2.75) is 26.1 Å². The highest BCUT2D eigenvalue weighted by atomic mass is 19.1. The Bertz CT molecular complexity index is 1060. The molecular formula is C20H19F2N3O4. The first-order valence-corrected chi connectivity index (χ1v) is 8.90. The summed E-state index contributed by atoms with van der Waals surface area (Å²) in [5.41, 5.74) is -1.57. The molecular weight excluding hydrogens is 384 g/mol. The van der Waals surface area contributed by atoms with Gasteiger partial charge in [0, 0.05) is 37.5 Å². The summed E-state index contributed by atoms with van der Waals surface area (Å²) in [6, 6.07) is 2.53. The second-order valence-electron chi connectivity index (χ2n) is 6.53. The van der Waals surface area contributed by atoms with Gasteiger partial charge < -0.3 is 19.9 Å². The average molecular weight is 403 g/mol. The lowest BCUT2D eigenvalue weighted by molar-refractivity contribution is 0.0646. The number of hydrogen-bond acceptors (Lipinski definition) is 4. The van der Waals surface area contributed by atoms with E-state index >= 15 is 0 Å². The van der Waals surface area contributed by atoms with Crippen molar-refractivity contribution in [1.82, 2.24) is 14.8 Å². The number of halogens is 2. The zero-order valence-electron chi connectivity index (χ0n) is 15.6. The number of hydrogen-bond donors (Lipinski definition) is 2.